The average molecular weight is 500 g/mol. The lowest BCUT2D eigenvalue weighted by Crippen LogP contribution is -2.28. The first-order valence-electron chi connectivity index (χ1n) is 12.6. The van der Waals surface area contributed by atoms with E-state index in [1.165, 1.54) is 11.1 Å². The molecular formula is C29H33N5O3. The number of amides is 1. The molecule has 1 N–H and O–H groups in total. The summed E-state index contributed by atoms with van der Waals surface area (Å²) < 4.78 is 10.8. The van der Waals surface area contributed by atoms with Gasteiger partial charge in [-0.1, -0.05) is 12.1 Å². The van der Waals surface area contributed by atoms with Crippen LogP contribution < -0.4 is 4.74 Å². The largest absolute Gasteiger partial charge is 0.496 e. The summed E-state index contributed by atoms with van der Waals surface area (Å²) in [6.07, 6.45) is 5.51. The summed E-state index contributed by atoms with van der Waals surface area (Å²) in [4.78, 5) is 29.7. The maximum absolute atomic E-state index is 12.8. The van der Waals surface area contributed by atoms with Crippen LogP contribution in [0.4, 0.5) is 0 Å². The zero-order chi connectivity index (χ0) is 25.9. The highest BCUT2D eigenvalue weighted by atomic mass is 16.5. The van der Waals surface area contributed by atoms with Crippen molar-refractivity contribution < 1.29 is 14.3 Å². The van der Waals surface area contributed by atoms with Crippen molar-refractivity contribution >= 4 is 17.1 Å². The van der Waals surface area contributed by atoms with E-state index >= 15 is 0 Å². The lowest BCUT2D eigenvalue weighted by Gasteiger charge is -2.27. The fourth-order valence-electron chi connectivity index (χ4n) is 4.91. The topological polar surface area (TPSA) is 83.6 Å². The quantitative estimate of drug-likeness (QED) is 0.362. The Balaban J connectivity index is 1.44. The lowest BCUT2D eigenvalue weighted by molar-refractivity contribution is 0.0779. The third-order valence-corrected chi connectivity index (χ3v) is 7.02. The second-order valence-electron chi connectivity index (χ2n) is 9.61. The van der Waals surface area contributed by atoms with Crippen LogP contribution in [0.15, 0.2) is 48.8 Å². The van der Waals surface area contributed by atoms with Gasteiger partial charge in [0.2, 0.25) is 0 Å². The van der Waals surface area contributed by atoms with Crippen LogP contribution in [0, 0.1) is 0 Å². The van der Waals surface area contributed by atoms with Gasteiger partial charge in [0.15, 0.2) is 5.65 Å². The van der Waals surface area contributed by atoms with Crippen LogP contribution >= 0.6 is 0 Å². The smallest absolute Gasteiger partial charge is 0.253 e. The Kier molecular flexibility index (Phi) is 7.21. The number of H-pyrrole nitrogens is 1. The number of aromatic amines is 1. The molecule has 0 fully saturated rings. The number of nitrogens with zero attached hydrogens (tertiary/aromatic N) is 4. The Morgan fingerprint density at radius 3 is 2.73 bits per heavy atom. The third kappa shape index (κ3) is 5.08. The van der Waals surface area contributed by atoms with E-state index in [0.717, 1.165) is 65.2 Å². The number of aromatic nitrogens is 3. The minimum absolute atomic E-state index is 0.00351. The maximum atomic E-state index is 12.8. The third-order valence-electron chi connectivity index (χ3n) is 7.02. The van der Waals surface area contributed by atoms with E-state index in [0.29, 0.717) is 18.7 Å². The predicted octanol–water partition coefficient (Wildman–Crippen LogP) is 4.40. The van der Waals surface area contributed by atoms with Gasteiger partial charge in [0, 0.05) is 68.8 Å². The van der Waals surface area contributed by atoms with E-state index in [1.807, 2.05) is 37.5 Å². The average Bonchev–Trinajstić information content (AvgIpc) is 3.35. The number of fused-ring (bicyclic) bond motifs is 2. The minimum atomic E-state index is -0.00351. The molecule has 5 rings (SSSR count). The maximum Gasteiger partial charge on any atom is 0.253 e. The zero-order valence-corrected chi connectivity index (χ0v) is 21.9. The molecule has 0 bridgehead atoms. The van der Waals surface area contributed by atoms with Crippen molar-refractivity contribution in [2.24, 2.45) is 0 Å². The molecule has 37 heavy (non-hydrogen) atoms. The molecule has 0 saturated heterocycles. The number of carbonyl (C=O) groups is 1. The van der Waals surface area contributed by atoms with E-state index in [2.05, 4.69) is 34.0 Å². The molecule has 1 amide bonds. The summed E-state index contributed by atoms with van der Waals surface area (Å²) in [5, 5.41) is 0. The molecule has 0 spiro atoms. The predicted molar refractivity (Wildman–Crippen MR) is 145 cm³/mol. The lowest BCUT2D eigenvalue weighted by atomic mass is 9.95. The first-order valence-corrected chi connectivity index (χ1v) is 12.6. The fourth-order valence-corrected chi connectivity index (χ4v) is 4.91. The van der Waals surface area contributed by atoms with Crippen LogP contribution in [-0.2, 0) is 17.7 Å². The number of carbonyl (C=O) groups excluding carboxylic acids is 1. The zero-order valence-electron chi connectivity index (χ0n) is 21.9. The SMILES string of the molecule is COCCCN(C)C(=O)c1ccc(-c2c[nH]c3ncc(-c4cc5c(c(OC)c4)CN(C)CC5)nc23)cc1. The molecule has 0 unspecified atom stereocenters. The first-order chi connectivity index (χ1) is 18.0. The molecule has 8 heteroatoms. The molecule has 4 aromatic rings. The van der Waals surface area contributed by atoms with Crippen molar-refractivity contribution in [3.05, 3.63) is 65.5 Å². The summed E-state index contributed by atoms with van der Waals surface area (Å²) >= 11 is 0. The van der Waals surface area contributed by atoms with Crippen molar-refractivity contribution in [1.29, 1.82) is 0 Å². The van der Waals surface area contributed by atoms with Gasteiger partial charge in [-0.3, -0.25) is 4.79 Å². The Labute approximate surface area is 217 Å². The molecule has 0 atom stereocenters. The van der Waals surface area contributed by atoms with Crippen LogP contribution in [0.1, 0.15) is 27.9 Å². The number of methoxy groups -OCH3 is 2. The molecule has 3 heterocycles. The summed E-state index contributed by atoms with van der Waals surface area (Å²) in [6, 6.07) is 11.9. The van der Waals surface area contributed by atoms with E-state index in [-0.39, 0.29) is 5.91 Å². The van der Waals surface area contributed by atoms with Crippen molar-refractivity contribution in [3.8, 4) is 28.1 Å². The number of ether oxygens (including phenoxy) is 2. The van der Waals surface area contributed by atoms with Gasteiger partial charge in [-0.25, -0.2) is 9.97 Å². The highest BCUT2D eigenvalue weighted by Crippen LogP contribution is 2.34. The van der Waals surface area contributed by atoms with Crippen LogP contribution in [-0.4, -0.2) is 78.7 Å². The molecule has 2 aromatic heterocycles. The summed E-state index contributed by atoms with van der Waals surface area (Å²) in [6.45, 7) is 3.19. The first kappa shape index (κ1) is 24.9. The second-order valence-corrected chi connectivity index (χ2v) is 9.61. The van der Waals surface area contributed by atoms with Gasteiger partial charge >= 0.3 is 0 Å². The van der Waals surface area contributed by atoms with Crippen LogP contribution in [0.5, 0.6) is 5.75 Å². The van der Waals surface area contributed by atoms with Gasteiger partial charge < -0.3 is 24.3 Å². The number of hydrogen-bond acceptors (Lipinski definition) is 6. The minimum Gasteiger partial charge on any atom is -0.496 e. The summed E-state index contributed by atoms with van der Waals surface area (Å²) in [7, 11) is 7.34. The molecule has 2 aromatic carbocycles. The van der Waals surface area contributed by atoms with Crippen molar-refractivity contribution in [3.63, 3.8) is 0 Å². The van der Waals surface area contributed by atoms with Gasteiger partial charge in [-0.05, 0) is 55.3 Å². The number of rotatable bonds is 8. The molecule has 0 radical (unpaired) electrons. The normalized spacial score (nSPS) is 13.5. The molecule has 8 nitrogen and oxygen atoms in total. The van der Waals surface area contributed by atoms with Gasteiger partial charge in [-0.2, -0.15) is 0 Å². The number of nitrogens with one attached hydrogen (secondary N) is 1. The fraction of sp³-hybridized carbons (Fsp3) is 0.345. The van der Waals surface area contributed by atoms with Crippen molar-refractivity contribution in [2.45, 2.75) is 19.4 Å². The molecule has 1 aliphatic rings. The van der Waals surface area contributed by atoms with Crippen molar-refractivity contribution in [2.75, 3.05) is 48.0 Å². The Bertz CT molecular complexity index is 1400. The Hall–Kier alpha value is -3.75. The number of benzene rings is 2. The highest BCUT2D eigenvalue weighted by molar-refractivity contribution is 5.96. The second kappa shape index (κ2) is 10.7. The number of likely N-dealkylation sites (N-methyl/N-ethyl adjacent to an activating group) is 1. The Morgan fingerprint density at radius 2 is 1.97 bits per heavy atom. The Morgan fingerprint density at radius 1 is 1.16 bits per heavy atom. The van der Waals surface area contributed by atoms with E-state index < -0.39 is 0 Å². The van der Waals surface area contributed by atoms with Gasteiger partial charge in [0.25, 0.3) is 5.91 Å². The molecule has 0 saturated carbocycles. The van der Waals surface area contributed by atoms with Crippen LogP contribution in [0.3, 0.4) is 0 Å². The molecule has 192 valence electrons. The van der Waals surface area contributed by atoms with Gasteiger partial charge in [-0.15, -0.1) is 0 Å². The molecular weight excluding hydrogens is 466 g/mol. The highest BCUT2D eigenvalue weighted by Gasteiger charge is 2.20. The summed E-state index contributed by atoms with van der Waals surface area (Å²) in [5.41, 5.74) is 8.45. The monoisotopic (exact) mass is 499 g/mol. The number of hydrogen-bond donors (Lipinski definition) is 1. The van der Waals surface area contributed by atoms with Crippen molar-refractivity contribution in [1.82, 2.24) is 24.8 Å². The van der Waals surface area contributed by atoms with E-state index in [1.54, 1.807) is 25.3 Å². The van der Waals surface area contributed by atoms with Crippen LogP contribution in [0.25, 0.3) is 33.5 Å². The molecule has 1 aliphatic heterocycles. The molecule has 0 aliphatic carbocycles. The van der Waals surface area contributed by atoms with Crippen LogP contribution in [0.2, 0.25) is 0 Å². The van der Waals surface area contributed by atoms with Gasteiger partial charge in [0.1, 0.15) is 11.3 Å². The van der Waals surface area contributed by atoms with E-state index in [4.69, 9.17) is 14.5 Å². The van der Waals surface area contributed by atoms with Gasteiger partial charge in [0.05, 0.1) is 19.0 Å². The summed E-state index contributed by atoms with van der Waals surface area (Å²) in [5.74, 6) is 0.888. The standard InChI is InChI=1S/C29H33N5O3/c1-33-12-10-21-14-22(15-26(37-4)24(21)18-33)25-17-31-28-27(32-25)23(16-30-28)19-6-8-20(9-7-19)29(35)34(2)11-5-13-36-3/h6-9,14-17H,5,10-13,18H2,1-4H3,(H,30,31). The van der Waals surface area contributed by atoms with E-state index in [9.17, 15) is 4.79 Å².